The van der Waals surface area contributed by atoms with Crippen LogP contribution >= 0.6 is 11.6 Å². The molecule has 0 bridgehead atoms. The van der Waals surface area contributed by atoms with Crippen LogP contribution in [0, 0.1) is 0 Å². The third-order valence-corrected chi connectivity index (χ3v) is 3.95. The topological polar surface area (TPSA) is 87.6 Å². The van der Waals surface area contributed by atoms with Crippen LogP contribution in [-0.2, 0) is 4.74 Å². The predicted octanol–water partition coefficient (Wildman–Crippen LogP) is 3.90. The van der Waals surface area contributed by atoms with Crippen LogP contribution in [0.15, 0.2) is 41.5 Å². The minimum Gasteiger partial charge on any atom is -0.493 e. The summed E-state index contributed by atoms with van der Waals surface area (Å²) in [4.78, 5) is 11.0. The minimum atomic E-state index is -0.672. The van der Waals surface area contributed by atoms with Crippen LogP contribution in [0.2, 0.25) is 5.02 Å². The van der Waals surface area contributed by atoms with Gasteiger partial charge in [-0.25, -0.2) is 10.2 Å². The van der Waals surface area contributed by atoms with Crippen molar-refractivity contribution in [3.8, 4) is 23.0 Å². The molecule has 0 saturated heterocycles. The smallest absolute Gasteiger partial charge is 0.427 e. The Hall–Kier alpha value is -3.13. The summed E-state index contributed by atoms with van der Waals surface area (Å²) in [6, 6.07) is 10.8. The van der Waals surface area contributed by atoms with E-state index in [2.05, 4.69) is 15.3 Å². The van der Waals surface area contributed by atoms with Crippen LogP contribution in [0.5, 0.6) is 23.0 Å². The van der Waals surface area contributed by atoms with Crippen molar-refractivity contribution in [2.24, 2.45) is 5.10 Å². The van der Waals surface area contributed by atoms with Gasteiger partial charge < -0.3 is 23.7 Å². The maximum absolute atomic E-state index is 11.0. The minimum absolute atomic E-state index is 0.356. The monoisotopic (exact) mass is 422 g/mol. The van der Waals surface area contributed by atoms with Gasteiger partial charge >= 0.3 is 6.09 Å². The number of carbonyl (C=O) groups is 1. The molecule has 2 aromatic carbocycles. The molecule has 0 aliphatic rings. The molecule has 0 fully saturated rings. The summed E-state index contributed by atoms with van der Waals surface area (Å²) in [6.07, 6.45) is 1.37. The van der Waals surface area contributed by atoms with Gasteiger partial charge in [0.1, 0.15) is 0 Å². The first-order valence-corrected chi connectivity index (χ1v) is 9.10. The Kier molecular flexibility index (Phi) is 8.91. The highest BCUT2D eigenvalue weighted by Crippen LogP contribution is 2.36. The Morgan fingerprint density at radius 2 is 1.72 bits per heavy atom. The lowest BCUT2D eigenvalue weighted by Crippen LogP contribution is -2.16. The molecule has 0 aliphatic carbocycles. The maximum atomic E-state index is 11.0. The van der Waals surface area contributed by atoms with Gasteiger partial charge in [-0.2, -0.15) is 5.10 Å². The van der Waals surface area contributed by atoms with Gasteiger partial charge in [0, 0.05) is 6.42 Å². The zero-order valence-electron chi connectivity index (χ0n) is 16.4. The summed E-state index contributed by atoms with van der Waals surface area (Å²) in [5.41, 5.74) is 2.81. The molecule has 1 amide bonds. The first-order valence-electron chi connectivity index (χ1n) is 8.72. The van der Waals surface area contributed by atoms with Crippen molar-refractivity contribution in [1.29, 1.82) is 0 Å². The summed E-state index contributed by atoms with van der Waals surface area (Å²) < 4.78 is 26.5. The number of rotatable bonds is 10. The van der Waals surface area contributed by atoms with Crippen molar-refractivity contribution >= 4 is 23.9 Å². The number of carbonyl (C=O) groups excluding carboxylic acids is 1. The lowest BCUT2D eigenvalue weighted by Gasteiger charge is -2.14. The molecule has 0 heterocycles. The molecular weight excluding hydrogens is 400 g/mol. The first kappa shape index (κ1) is 22.2. The number of ether oxygens (including phenoxy) is 5. The Balaban J connectivity index is 1.90. The molecule has 156 valence electrons. The van der Waals surface area contributed by atoms with Crippen molar-refractivity contribution in [2.45, 2.75) is 6.42 Å². The molecule has 0 aliphatic heterocycles. The molecule has 0 atom stereocenters. The standard InChI is InChI=1S/C20H23ClN2O6/c1-25-16-7-4-5-8-17(16)28-9-6-10-29-19-15(21)11-14(12-18(19)26-2)13-22-23-20(24)27-3/h4-5,7-8,11-13H,6,9-10H2,1-3H3,(H,23,24). The number of nitrogens with zero attached hydrogens (tertiary/aromatic N) is 1. The summed E-state index contributed by atoms with van der Waals surface area (Å²) in [7, 11) is 4.36. The van der Waals surface area contributed by atoms with E-state index in [1.54, 1.807) is 19.2 Å². The van der Waals surface area contributed by atoms with Crippen LogP contribution in [0.3, 0.4) is 0 Å². The normalized spacial score (nSPS) is 10.5. The second-order valence-electron chi connectivity index (χ2n) is 5.60. The molecule has 8 nitrogen and oxygen atoms in total. The number of hydrogen-bond acceptors (Lipinski definition) is 7. The van der Waals surface area contributed by atoms with E-state index in [4.69, 9.17) is 30.5 Å². The van der Waals surface area contributed by atoms with Gasteiger partial charge in [0.15, 0.2) is 23.0 Å². The van der Waals surface area contributed by atoms with Crippen LogP contribution in [-0.4, -0.2) is 46.9 Å². The molecule has 0 unspecified atom stereocenters. The third kappa shape index (κ3) is 6.76. The maximum Gasteiger partial charge on any atom is 0.427 e. The van der Waals surface area contributed by atoms with E-state index < -0.39 is 6.09 Å². The number of hydrazone groups is 1. The highest BCUT2D eigenvalue weighted by Gasteiger charge is 2.12. The van der Waals surface area contributed by atoms with E-state index in [1.165, 1.54) is 20.4 Å². The van der Waals surface area contributed by atoms with Crippen molar-refractivity contribution in [2.75, 3.05) is 34.5 Å². The van der Waals surface area contributed by atoms with E-state index in [0.29, 0.717) is 53.2 Å². The van der Waals surface area contributed by atoms with Crippen molar-refractivity contribution in [1.82, 2.24) is 5.43 Å². The largest absolute Gasteiger partial charge is 0.493 e. The first-order chi connectivity index (χ1) is 14.1. The summed E-state index contributed by atoms with van der Waals surface area (Å²) in [6.45, 7) is 0.826. The van der Waals surface area contributed by atoms with Crippen LogP contribution in [0.25, 0.3) is 0 Å². The molecule has 0 aromatic heterocycles. The van der Waals surface area contributed by atoms with Gasteiger partial charge in [-0.3, -0.25) is 0 Å². The number of amides is 1. The lowest BCUT2D eigenvalue weighted by molar-refractivity contribution is 0.171. The average Bonchev–Trinajstić information content (AvgIpc) is 2.74. The van der Waals surface area contributed by atoms with Gasteiger partial charge in [-0.1, -0.05) is 23.7 Å². The molecule has 2 rings (SSSR count). The Labute approximate surface area is 174 Å². The Morgan fingerprint density at radius 3 is 2.41 bits per heavy atom. The lowest BCUT2D eigenvalue weighted by atomic mass is 10.2. The number of methoxy groups -OCH3 is 3. The number of nitrogens with one attached hydrogen (secondary N) is 1. The number of benzene rings is 2. The van der Waals surface area contributed by atoms with E-state index in [1.807, 2.05) is 24.3 Å². The molecule has 2 aromatic rings. The number of hydrogen-bond donors (Lipinski definition) is 1. The van der Waals surface area contributed by atoms with Gasteiger partial charge in [-0.05, 0) is 29.8 Å². The van der Waals surface area contributed by atoms with Crippen LogP contribution in [0.1, 0.15) is 12.0 Å². The summed E-state index contributed by atoms with van der Waals surface area (Å²) in [5, 5.41) is 4.11. The molecule has 0 radical (unpaired) electrons. The highest BCUT2D eigenvalue weighted by atomic mass is 35.5. The zero-order chi connectivity index (χ0) is 21.1. The number of para-hydroxylation sites is 2. The van der Waals surface area contributed by atoms with Gasteiger partial charge in [-0.15, -0.1) is 0 Å². The second kappa shape index (κ2) is 11.7. The zero-order valence-corrected chi connectivity index (χ0v) is 17.2. The van der Waals surface area contributed by atoms with E-state index in [0.717, 1.165) is 0 Å². The molecule has 9 heteroatoms. The summed E-state index contributed by atoms with van der Waals surface area (Å²) >= 11 is 6.30. The van der Waals surface area contributed by atoms with Crippen LogP contribution < -0.4 is 24.4 Å². The second-order valence-corrected chi connectivity index (χ2v) is 6.00. The highest BCUT2D eigenvalue weighted by molar-refractivity contribution is 6.32. The number of halogens is 1. The molecule has 0 spiro atoms. The van der Waals surface area contributed by atoms with Crippen molar-refractivity contribution in [3.63, 3.8) is 0 Å². The van der Waals surface area contributed by atoms with E-state index in [9.17, 15) is 4.79 Å². The fourth-order valence-electron chi connectivity index (χ4n) is 2.31. The van der Waals surface area contributed by atoms with Gasteiger partial charge in [0.2, 0.25) is 0 Å². The predicted molar refractivity (Wildman–Crippen MR) is 110 cm³/mol. The molecule has 1 N–H and O–H groups in total. The summed E-state index contributed by atoms with van der Waals surface area (Å²) in [5.74, 6) is 2.22. The molecule has 0 saturated carbocycles. The Bertz CT molecular complexity index is 844. The average molecular weight is 423 g/mol. The van der Waals surface area contributed by atoms with E-state index in [-0.39, 0.29) is 0 Å². The Morgan fingerprint density at radius 1 is 1.03 bits per heavy atom. The van der Waals surface area contributed by atoms with Crippen LogP contribution in [0.4, 0.5) is 4.79 Å². The third-order valence-electron chi connectivity index (χ3n) is 3.67. The SMILES string of the molecule is COC(=O)NN=Cc1cc(Cl)c(OCCCOc2ccccc2OC)c(OC)c1. The quantitative estimate of drug-likeness (QED) is 0.355. The molecule has 29 heavy (non-hydrogen) atoms. The van der Waals surface area contributed by atoms with Gasteiger partial charge in [0.25, 0.3) is 0 Å². The fraction of sp³-hybridized carbons (Fsp3) is 0.300. The van der Waals surface area contributed by atoms with Gasteiger partial charge in [0.05, 0.1) is 45.8 Å². The van der Waals surface area contributed by atoms with Crippen molar-refractivity contribution in [3.05, 3.63) is 47.0 Å². The van der Waals surface area contributed by atoms with E-state index >= 15 is 0 Å². The van der Waals surface area contributed by atoms with Crippen molar-refractivity contribution < 1.29 is 28.5 Å². The molecular formula is C20H23ClN2O6. The fourth-order valence-corrected chi connectivity index (χ4v) is 2.59.